The van der Waals surface area contributed by atoms with E-state index in [0.29, 0.717) is 16.3 Å². The predicted octanol–water partition coefficient (Wildman–Crippen LogP) is 2.33. The Bertz CT molecular complexity index is 1070. The molecule has 1 fully saturated rings. The highest BCUT2D eigenvalue weighted by atomic mass is 35.5. The number of benzene rings is 2. The zero-order valence-corrected chi connectivity index (χ0v) is 18.6. The minimum atomic E-state index is -3.67. The largest absolute Gasteiger partial charge is 0.350 e. The number of piperazine rings is 1. The van der Waals surface area contributed by atoms with Gasteiger partial charge in [0.1, 0.15) is 5.54 Å². The number of hydrogen-bond donors (Lipinski definition) is 1. The SMILES string of the molecule is Cc1cc(Cl)ccc1N1C(=O)CN(S(C)(=O)=O)C[C@]1(C)C(=O)NCc1ccccc1. The van der Waals surface area contributed by atoms with Crippen LogP contribution in [0.5, 0.6) is 0 Å². The van der Waals surface area contributed by atoms with Crippen LogP contribution in [-0.4, -0.2) is 49.4 Å². The Labute approximate surface area is 181 Å². The van der Waals surface area contributed by atoms with Gasteiger partial charge in [0.25, 0.3) is 0 Å². The molecular weight excluding hydrogens is 426 g/mol. The Balaban J connectivity index is 2.00. The molecule has 2 amide bonds. The summed E-state index contributed by atoms with van der Waals surface area (Å²) in [6.45, 7) is 3.15. The van der Waals surface area contributed by atoms with E-state index < -0.39 is 27.4 Å². The molecule has 1 aliphatic rings. The highest BCUT2D eigenvalue weighted by Crippen LogP contribution is 2.33. The molecule has 2 aromatic carbocycles. The second kappa shape index (κ2) is 8.37. The first-order valence-corrected chi connectivity index (χ1v) is 11.6. The topological polar surface area (TPSA) is 86.8 Å². The first kappa shape index (κ1) is 22.3. The van der Waals surface area contributed by atoms with Gasteiger partial charge >= 0.3 is 0 Å². The molecule has 0 unspecified atom stereocenters. The minimum Gasteiger partial charge on any atom is -0.350 e. The van der Waals surface area contributed by atoms with Gasteiger partial charge < -0.3 is 5.32 Å². The fourth-order valence-electron chi connectivity index (χ4n) is 3.61. The summed E-state index contributed by atoms with van der Waals surface area (Å²) in [5.74, 6) is -0.920. The average molecular weight is 450 g/mol. The Hall–Kier alpha value is -2.42. The van der Waals surface area contributed by atoms with Gasteiger partial charge in [0.2, 0.25) is 21.8 Å². The quantitative estimate of drug-likeness (QED) is 0.759. The number of sulfonamides is 1. The van der Waals surface area contributed by atoms with E-state index in [2.05, 4.69) is 5.32 Å². The van der Waals surface area contributed by atoms with E-state index in [4.69, 9.17) is 11.6 Å². The van der Waals surface area contributed by atoms with Crippen molar-refractivity contribution in [3.63, 3.8) is 0 Å². The van der Waals surface area contributed by atoms with Crippen molar-refractivity contribution in [3.8, 4) is 0 Å². The van der Waals surface area contributed by atoms with E-state index in [0.717, 1.165) is 16.1 Å². The summed E-state index contributed by atoms with van der Waals surface area (Å²) in [5, 5.41) is 3.36. The maximum absolute atomic E-state index is 13.3. The fraction of sp³-hybridized carbons (Fsp3) is 0.333. The summed E-state index contributed by atoms with van der Waals surface area (Å²) in [5.41, 5.74) is 0.692. The van der Waals surface area contributed by atoms with E-state index in [-0.39, 0.29) is 19.6 Å². The molecule has 3 rings (SSSR count). The van der Waals surface area contributed by atoms with Gasteiger partial charge in [-0.05, 0) is 43.2 Å². The number of carbonyl (C=O) groups excluding carboxylic acids is 2. The number of carbonyl (C=O) groups is 2. The second-order valence-electron chi connectivity index (χ2n) is 7.63. The van der Waals surface area contributed by atoms with Crippen LogP contribution in [0, 0.1) is 6.92 Å². The Morgan fingerprint density at radius 3 is 2.47 bits per heavy atom. The molecule has 30 heavy (non-hydrogen) atoms. The van der Waals surface area contributed by atoms with Crippen molar-refractivity contribution in [2.24, 2.45) is 0 Å². The molecule has 1 saturated heterocycles. The van der Waals surface area contributed by atoms with Gasteiger partial charge in [-0.15, -0.1) is 0 Å². The van der Waals surface area contributed by atoms with Gasteiger partial charge in [0.15, 0.2) is 0 Å². The van der Waals surface area contributed by atoms with Gasteiger partial charge in [-0.25, -0.2) is 8.42 Å². The molecule has 2 aromatic rings. The Morgan fingerprint density at radius 1 is 1.20 bits per heavy atom. The number of anilines is 1. The Kier molecular flexibility index (Phi) is 6.21. The van der Waals surface area contributed by atoms with Crippen LogP contribution in [0.2, 0.25) is 5.02 Å². The molecule has 9 heteroatoms. The lowest BCUT2D eigenvalue weighted by Crippen LogP contribution is -2.70. The van der Waals surface area contributed by atoms with E-state index in [1.807, 2.05) is 30.3 Å². The predicted molar refractivity (Wildman–Crippen MR) is 117 cm³/mol. The molecule has 1 heterocycles. The lowest BCUT2D eigenvalue weighted by Gasteiger charge is -2.47. The zero-order chi connectivity index (χ0) is 22.1. The molecule has 0 aliphatic carbocycles. The highest BCUT2D eigenvalue weighted by molar-refractivity contribution is 7.88. The fourth-order valence-corrected chi connectivity index (χ4v) is 4.67. The lowest BCUT2D eigenvalue weighted by molar-refractivity contribution is -0.133. The third-order valence-electron chi connectivity index (χ3n) is 5.19. The first-order chi connectivity index (χ1) is 14.0. The zero-order valence-electron chi connectivity index (χ0n) is 17.1. The number of nitrogens with zero attached hydrogens (tertiary/aromatic N) is 2. The van der Waals surface area contributed by atoms with Crippen LogP contribution in [0.15, 0.2) is 48.5 Å². The van der Waals surface area contributed by atoms with Gasteiger partial charge in [-0.2, -0.15) is 4.31 Å². The number of hydrogen-bond acceptors (Lipinski definition) is 4. The molecule has 0 saturated carbocycles. The molecule has 1 aliphatic heterocycles. The molecule has 7 nitrogen and oxygen atoms in total. The van der Waals surface area contributed by atoms with Crippen molar-refractivity contribution >= 4 is 39.1 Å². The van der Waals surface area contributed by atoms with E-state index in [9.17, 15) is 18.0 Å². The minimum absolute atomic E-state index is 0.153. The first-order valence-electron chi connectivity index (χ1n) is 9.39. The van der Waals surface area contributed by atoms with Crippen molar-refractivity contribution in [3.05, 3.63) is 64.7 Å². The van der Waals surface area contributed by atoms with Crippen molar-refractivity contribution in [1.82, 2.24) is 9.62 Å². The molecule has 1 N–H and O–H groups in total. The van der Waals surface area contributed by atoms with Gasteiger partial charge in [-0.1, -0.05) is 41.9 Å². The van der Waals surface area contributed by atoms with Gasteiger partial charge in [0, 0.05) is 23.8 Å². The maximum atomic E-state index is 13.3. The Morgan fingerprint density at radius 2 is 1.87 bits per heavy atom. The summed E-state index contributed by atoms with van der Waals surface area (Å²) < 4.78 is 25.4. The van der Waals surface area contributed by atoms with Crippen LogP contribution in [0.1, 0.15) is 18.1 Å². The third-order valence-corrected chi connectivity index (χ3v) is 6.62. The van der Waals surface area contributed by atoms with Crippen LogP contribution in [0.25, 0.3) is 0 Å². The number of aryl methyl sites for hydroxylation is 1. The van der Waals surface area contributed by atoms with Crippen molar-refractivity contribution in [1.29, 1.82) is 0 Å². The van der Waals surface area contributed by atoms with Gasteiger partial charge in [0.05, 0.1) is 12.8 Å². The highest BCUT2D eigenvalue weighted by Gasteiger charge is 2.50. The average Bonchev–Trinajstić information content (AvgIpc) is 2.67. The summed E-state index contributed by atoms with van der Waals surface area (Å²) in [6.07, 6.45) is 1.03. The maximum Gasteiger partial charge on any atom is 0.247 e. The van der Waals surface area contributed by atoms with Crippen LogP contribution < -0.4 is 10.2 Å². The standard InChI is InChI=1S/C21H24ClN3O4S/c1-15-11-17(22)9-10-18(15)25-19(26)13-24(30(3,28)29)14-21(25,2)20(27)23-12-16-7-5-4-6-8-16/h4-11H,12-14H2,1-3H3,(H,23,27)/t21-/m1/s1. The van der Waals surface area contributed by atoms with E-state index in [1.165, 1.54) is 4.90 Å². The van der Waals surface area contributed by atoms with Gasteiger partial charge in [-0.3, -0.25) is 14.5 Å². The van der Waals surface area contributed by atoms with E-state index in [1.54, 1.807) is 32.0 Å². The molecule has 0 aromatic heterocycles. The number of halogens is 1. The summed E-state index contributed by atoms with van der Waals surface area (Å²) in [4.78, 5) is 27.8. The lowest BCUT2D eigenvalue weighted by atomic mass is 9.93. The summed E-state index contributed by atoms with van der Waals surface area (Å²) >= 11 is 6.06. The monoisotopic (exact) mass is 449 g/mol. The molecule has 0 bridgehead atoms. The third kappa shape index (κ3) is 4.50. The van der Waals surface area contributed by atoms with Crippen LogP contribution in [-0.2, 0) is 26.2 Å². The number of nitrogens with one attached hydrogen (secondary N) is 1. The molecule has 0 radical (unpaired) electrons. The van der Waals surface area contributed by atoms with Crippen LogP contribution in [0.4, 0.5) is 5.69 Å². The second-order valence-corrected chi connectivity index (χ2v) is 10.1. The van der Waals surface area contributed by atoms with E-state index >= 15 is 0 Å². The normalized spacial score (nSPS) is 20.3. The molecular formula is C21H24ClN3O4S. The summed E-state index contributed by atoms with van der Waals surface area (Å²) in [7, 11) is -3.67. The molecule has 0 spiro atoms. The molecule has 160 valence electrons. The molecule has 1 atom stereocenters. The van der Waals surface area contributed by atoms with Crippen molar-refractivity contribution < 1.29 is 18.0 Å². The smallest absolute Gasteiger partial charge is 0.247 e. The number of amides is 2. The summed E-state index contributed by atoms with van der Waals surface area (Å²) in [6, 6.07) is 14.4. The number of rotatable bonds is 5. The van der Waals surface area contributed by atoms with Crippen LogP contribution in [0.3, 0.4) is 0 Å². The van der Waals surface area contributed by atoms with Crippen molar-refractivity contribution in [2.45, 2.75) is 25.9 Å². The van der Waals surface area contributed by atoms with Crippen molar-refractivity contribution in [2.75, 3.05) is 24.2 Å². The van der Waals surface area contributed by atoms with Crippen LogP contribution >= 0.6 is 11.6 Å².